The zero-order valence-electron chi connectivity index (χ0n) is 16.0. The quantitative estimate of drug-likeness (QED) is 0.434. The normalized spacial score (nSPS) is 15.1. The topological polar surface area (TPSA) is 111 Å². The molecule has 2 atom stereocenters. The number of anilines is 2. The third kappa shape index (κ3) is 6.99. The Hall–Kier alpha value is -2.16. The molecular weight excluding hydrogens is 417 g/mol. The summed E-state index contributed by atoms with van der Waals surface area (Å²) < 4.78 is 0. The van der Waals surface area contributed by atoms with Gasteiger partial charge in [0.05, 0.1) is 0 Å². The maximum atomic E-state index is 12.3. The van der Waals surface area contributed by atoms with Crippen LogP contribution in [0, 0.1) is 0 Å². The van der Waals surface area contributed by atoms with Crippen molar-refractivity contribution >= 4 is 46.4 Å². The molecule has 0 spiro atoms. The van der Waals surface area contributed by atoms with E-state index in [1.54, 1.807) is 48.5 Å². The van der Waals surface area contributed by atoms with E-state index in [4.69, 9.17) is 23.2 Å². The molecule has 0 aliphatic carbocycles. The van der Waals surface area contributed by atoms with E-state index in [1.807, 2.05) is 0 Å². The first-order valence-electron chi connectivity index (χ1n) is 8.79. The molecule has 2 rings (SSSR count). The van der Waals surface area contributed by atoms with E-state index in [0.29, 0.717) is 21.4 Å². The maximum absolute atomic E-state index is 12.3. The van der Waals surface area contributed by atoms with Gasteiger partial charge < -0.3 is 26.2 Å². The Balaban J connectivity index is 1.86. The summed E-state index contributed by atoms with van der Waals surface area (Å²) in [6, 6.07) is 12.9. The second-order valence-electron chi connectivity index (χ2n) is 7.07. The van der Waals surface area contributed by atoms with Crippen LogP contribution in [0.5, 0.6) is 0 Å². The number of amides is 2. The van der Waals surface area contributed by atoms with Gasteiger partial charge >= 0.3 is 0 Å². The fourth-order valence-corrected chi connectivity index (χ4v) is 2.56. The second-order valence-corrected chi connectivity index (χ2v) is 7.95. The third-order valence-corrected chi connectivity index (χ3v) is 4.62. The minimum absolute atomic E-state index is 0.184. The highest BCUT2D eigenvalue weighted by Crippen LogP contribution is 2.17. The molecule has 156 valence electrons. The van der Waals surface area contributed by atoms with E-state index in [1.165, 1.54) is 13.8 Å². The van der Waals surface area contributed by atoms with Gasteiger partial charge in [0.25, 0.3) is 11.8 Å². The van der Waals surface area contributed by atoms with Crippen molar-refractivity contribution in [1.29, 1.82) is 0 Å². The monoisotopic (exact) mass is 439 g/mol. The number of carbonyl (C=O) groups is 2. The van der Waals surface area contributed by atoms with Crippen LogP contribution in [0.2, 0.25) is 10.0 Å². The van der Waals surface area contributed by atoms with E-state index >= 15 is 0 Å². The molecule has 2 amide bonds. The van der Waals surface area contributed by atoms with Gasteiger partial charge in [-0.3, -0.25) is 9.59 Å². The molecule has 0 bridgehead atoms. The van der Waals surface area contributed by atoms with Gasteiger partial charge in [0.15, 0.2) is 11.2 Å². The van der Waals surface area contributed by atoms with Crippen LogP contribution in [0.25, 0.3) is 0 Å². The molecular formula is C20H23Cl2N3O4. The zero-order valence-corrected chi connectivity index (χ0v) is 17.5. The Labute approximate surface area is 179 Å². The number of carbonyl (C=O) groups excluding carboxylic acids is 2. The summed E-state index contributed by atoms with van der Waals surface area (Å²) in [4.78, 5) is 24.6. The van der Waals surface area contributed by atoms with Crippen LogP contribution >= 0.6 is 23.2 Å². The van der Waals surface area contributed by atoms with E-state index < -0.39 is 23.0 Å². The van der Waals surface area contributed by atoms with Gasteiger partial charge in [-0.25, -0.2) is 0 Å². The van der Waals surface area contributed by atoms with Crippen LogP contribution in [-0.4, -0.2) is 46.3 Å². The predicted molar refractivity (Wildman–Crippen MR) is 114 cm³/mol. The Bertz CT molecular complexity index is 782. The molecule has 0 aromatic heterocycles. The van der Waals surface area contributed by atoms with Crippen molar-refractivity contribution in [2.45, 2.75) is 25.0 Å². The Kier molecular flexibility index (Phi) is 7.62. The van der Waals surface area contributed by atoms with E-state index in [-0.39, 0.29) is 13.1 Å². The first-order chi connectivity index (χ1) is 13.5. The van der Waals surface area contributed by atoms with Crippen molar-refractivity contribution in [3.8, 4) is 0 Å². The highest BCUT2D eigenvalue weighted by atomic mass is 35.5. The van der Waals surface area contributed by atoms with Gasteiger partial charge in [0, 0.05) is 34.5 Å². The fraction of sp³-hybridized carbons (Fsp3) is 0.300. The average molecular weight is 440 g/mol. The van der Waals surface area contributed by atoms with Crippen LogP contribution < -0.4 is 16.0 Å². The lowest BCUT2D eigenvalue weighted by molar-refractivity contribution is -0.133. The molecule has 0 radical (unpaired) electrons. The largest absolute Gasteiger partial charge is 0.379 e. The lowest BCUT2D eigenvalue weighted by Gasteiger charge is -2.27. The molecule has 0 aliphatic heterocycles. The van der Waals surface area contributed by atoms with Crippen molar-refractivity contribution < 1.29 is 19.8 Å². The second kappa shape index (κ2) is 9.56. The van der Waals surface area contributed by atoms with E-state index in [0.717, 1.165) is 0 Å². The van der Waals surface area contributed by atoms with Crippen molar-refractivity contribution in [3.63, 3.8) is 0 Å². The van der Waals surface area contributed by atoms with Crippen LogP contribution in [0.4, 0.5) is 11.4 Å². The molecule has 7 nitrogen and oxygen atoms in total. The number of hydrogen-bond acceptors (Lipinski definition) is 5. The van der Waals surface area contributed by atoms with E-state index in [9.17, 15) is 19.8 Å². The van der Waals surface area contributed by atoms with Gasteiger partial charge in [0.2, 0.25) is 0 Å². The van der Waals surface area contributed by atoms with Crippen molar-refractivity contribution in [2.24, 2.45) is 0 Å². The van der Waals surface area contributed by atoms with E-state index in [2.05, 4.69) is 16.0 Å². The van der Waals surface area contributed by atoms with Crippen LogP contribution in [0.1, 0.15) is 13.8 Å². The first kappa shape index (κ1) is 23.1. The summed E-state index contributed by atoms with van der Waals surface area (Å²) in [6.45, 7) is 2.29. The minimum atomic E-state index is -1.78. The maximum Gasteiger partial charge on any atom is 0.257 e. The Morgan fingerprint density at radius 3 is 1.38 bits per heavy atom. The number of nitrogens with one attached hydrogen (secondary N) is 3. The average Bonchev–Trinajstić information content (AvgIpc) is 2.65. The van der Waals surface area contributed by atoms with Crippen LogP contribution in [-0.2, 0) is 9.59 Å². The number of aliphatic hydroxyl groups is 2. The van der Waals surface area contributed by atoms with Crippen molar-refractivity contribution in [1.82, 2.24) is 5.32 Å². The molecule has 0 saturated heterocycles. The summed E-state index contributed by atoms with van der Waals surface area (Å²) >= 11 is 11.6. The lowest BCUT2D eigenvalue weighted by Crippen LogP contribution is -2.53. The van der Waals surface area contributed by atoms with Gasteiger partial charge in [0.1, 0.15) is 0 Å². The zero-order chi connectivity index (χ0) is 21.7. The van der Waals surface area contributed by atoms with Gasteiger partial charge in [-0.2, -0.15) is 0 Å². The Morgan fingerprint density at radius 2 is 1.07 bits per heavy atom. The summed E-state index contributed by atoms with van der Waals surface area (Å²) in [5.41, 5.74) is -2.59. The van der Waals surface area contributed by atoms with Crippen LogP contribution in [0.3, 0.4) is 0 Å². The number of halogens is 2. The summed E-state index contributed by atoms with van der Waals surface area (Å²) in [7, 11) is 0. The molecule has 0 saturated carbocycles. The Morgan fingerprint density at radius 1 is 0.759 bits per heavy atom. The standard InChI is InChI=1S/C20H23Cl2N3O4/c1-19(28,17(26)24-15-7-3-13(21)4-8-15)11-23-12-20(2,29)18(27)25-16-9-5-14(22)6-10-16/h3-10,23,28-29H,11-12H2,1-2H3,(H,24,26)(H,25,27). The summed E-state index contributed by atoms with van der Waals surface area (Å²) in [5, 5.41) is 29.8. The summed E-state index contributed by atoms with van der Waals surface area (Å²) in [5.74, 6) is -1.28. The smallest absolute Gasteiger partial charge is 0.257 e. The number of benzene rings is 2. The van der Waals surface area contributed by atoms with Crippen LogP contribution in [0.15, 0.2) is 48.5 Å². The molecule has 29 heavy (non-hydrogen) atoms. The SMILES string of the molecule is CC(O)(CNCC(C)(O)C(=O)Nc1ccc(Cl)cc1)C(=O)Nc1ccc(Cl)cc1. The number of hydrogen-bond donors (Lipinski definition) is 5. The number of rotatable bonds is 8. The molecule has 0 heterocycles. The van der Waals surface area contributed by atoms with Gasteiger partial charge in [-0.1, -0.05) is 23.2 Å². The molecule has 2 aromatic rings. The molecule has 5 N–H and O–H groups in total. The molecule has 2 aromatic carbocycles. The summed E-state index contributed by atoms with van der Waals surface area (Å²) in [6.07, 6.45) is 0. The third-order valence-electron chi connectivity index (χ3n) is 4.12. The van der Waals surface area contributed by atoms with Gasteiger partial charge in [-0.15, -0.1) is 0 Å². The molecule has 2 unspecified atom stereocenters. The molecule has 9 heteroatoms. The highest BCUT2D eigenvalue weighted by Gasteiger charge is 2.34. The first-order valence-corrected chi connectivity index (χ1v) is 9.55. The molecule has 0 aliphatic rings. The lowest BCUT2D eigenvalue weighted by atomic mass is 10.0. The van der Waals surface area contributed by atoms with Crippen molar-refractivity contribution in [2.75, 3.05) is 23.7 Å². The minimum Gasteiger partial charge on any atom is -0.379 e. The highest BCUT2D eigenvalue weighted by molar-refractivity contribution is 6.31. The van der Waals surface area contributed by atoms with Gasteiger partial charge in [-0.05, 0) is 62.4 Å². The fourth-order valence-electron chi connectivity index (χ4n) is 2.31. The molecule has 0 fully saturated rings. The predicted octanol–water partition coefficient (Wildman–Crippen LogP) is 2.66. The van der Waals surface area contributed by atoms with Crippen molar-refractivity contribution in [3.05, 3.63) is 58.6 Å².